The Morgan fingerprint density at radius 2 is 2.21 bits per heavy atom. The highest BCUT2D eigenvalue weighted by Gasteiger charge is 2.26. The van der Waals surface area contributed by atoms with E-state index < -0.39 is 0 Å². The smallest absolute Gasteiger partial charge is 0.144 e. The summed E-state index contributed by atoms with van der Waals surface area (Å²) in [7, 11) is 0. The molecule has 0 atom stereocenters. The zero-order valence-corrected chi connectivity index (χ0v) is 9.61. The lowest BCUT2D eigenvalue weighted by Gasteiger charge is -2.33. The Kier molecular flexibility index (Phi) is 2.18. The second-order valence-corrected chi connectivity index (χ2v) is 4.83. The summed E-state index contributed by atoms with van der Waals surface area (Å²) in [6, 6.07) is 3.09. The highest BCUT2D eigenvalue weighted by atomic mass is 79.9. The van der Waals surface area contributed by atoms with Crippen LogP contribution in [0.15, 0.2) is 16.6 Å². The molecule has 0 aromatic heterocycles. The minimum Gasteiger partial charge on any atom is -0.484 e. The summed E-state index contributed by atoms with van der Waals surface area (Å²) in [5, 5.41) is 3.14. The Bertz CT molecular complexity index is 379. The van der Waals surface area contributed by atoms with Gasteiger partial charge in [0, 0.05) is 6.07 Å². The maximum atomic E-state index is 13.2. The minimum absolute atomic E-state index is 0.246. The van der Waals surface area contributed by atoms with Crippen molar-refractivity contribution in [1.82, 2.24) is 0 Å². The van der Waals surface area contributed by atoms with E-state index in [0.717, 1.165) is 0 Å². The van der Waals surface area contributed by atoms with Gasteiger partial charge in [0.15, 0.2) is 0 Å². The predicted molar refractivity (Wildman–Crippen MR) is 57.3 cm³/mol. The van der Waals surface area contributed by atoms with E-state index in [1.165, 1.54) is 6.07 Å². The molecule has 1 heterocycles. The molecule has 0 spiro atoms. The van der Waals surface area contributed by atoms with Crippen LogP contribution in [0.5, 0.6) is 5.75 Å². The van der Waals surface area contributed by atoms with Crippen LogP contribution in [0.3, 0.4) is 0 Å². The van der Waals surface area contributed by atoms with Crippen molar-refractivity contribution in [3.8, 4) is 5.75 Å². The molecule has 1 aromatic rings. The van der Waals surface area contributed by atoms with E-state index in [-0.39, 0.29) is 11.4 Å². The van der Waals surface area contributed by atoms with Gasteiger partial charge < -0.3 is 10.1 Å². The molecule has 2 rings (SSSR count). The molecule has 0 bridgehead atoms. The van der Waals surface area contributed by atoms with Crippen molar-refractivity contribution in [2.45, 2.75) is 19.4 Å². The minimum atomic E-state index is -0.278. The summed E-state index contributed by atoms with van der Waals surface area (Å²) < 4.78 is 19.3. The van der Waals surface area contributed by atoms with Crippen molar-refractivity contribution in [2.24, 2.45) is 0 Å². The molecule has 1 aromatic carbocycles. The van der Waals surface area contributed by atoms with Crippen LogP contribution in [0.2, 0.25) is 0 Å². The number of rotatable bonds is 0. The van der Waals surface area contributed by atoms with Gasteiger partial charge in [-0.25, -0.2) is 4.39 Å². The van der Waals surface area contributed by atoms with Gasteiger partial charge in [-0.1, -0.05) is 0 Å². The van der Waals surface area contributed by atoms with Gasteiger partial charge in [-0.3, -0.25) is 0 Å². The standard InChI is InChI=1S/C10H11BrFNO/c1-10(2)5-13-8-4-7(12)6(11)3-9(8)14-10/h3-4,13H,5H2,1-2H3. The molecule has 2 nitrogen and oxygen atoms in total. The van der Waals surface area contributed by atoms with Crippen molar-refractivity contribution in [2.75, 3.05) is 11.9 Å². The van der Waals surface area contributed by atoms with Crippen molar-refractivity contribution < 1.29 is 9.13 Å². The van der Waals surface area contributed by atoms with Gasteiger partial charge in [0.2, 0.25) is 0 Å². The monoisotopic (exact) mass is 259 g/mol. The molecule has 1 N–H and O–H groups in total. The normalized spacial score (nSPS) is 18.0. The zero-order chi connectivity index (χ0) is 10.3. The summed E-state index contributed by atoms with van der Waals surface area (Å²) in [6.45, 7) is 4.65. The molecule has 0 unspecified atom stereocenters. The summed E-state index contributed by atoms with van der Waals surface area (Å²) >= 11 is 3.13. The van der Waals surface area contributed by atoms with E-state index in [0.29, 0.717) is 22.5 Å². The van der Waals surface area contributed by atoms with E-state index in [2.05, 4.69) is 21.2 Å². The Balaban J connectivity index is 2.43. The quantitative estimate of drug-likeness (QED) is 0.773. The number of nitrogens with one attached hydrogen (secondary N) is 1. The maximum absolute atomic E-state index is 13.2. The van der Waals surface area contributed by atoms with Crippen LogP contribution in [0.1, 0.15) is 13.8 Å². The molecule has 0 saturated heterocycles. The number of hydrogen-bond donors (Lipinski definition) is 1. The zero-order valence-electron chi connectivity index (χ0n) is 8.03. The fraction of sp³-hybridized carbons (Fsp3) is 0.400. The maximum Gasteiger partial charge on any atom is 0.144 e. The molecule has 0 saturated carbocycles. The Morgan fingerprint density at radius 1 is 1.50 bits per heavy atom. The highest BCUT2D eigenvalue weighted by molar-refractivity contribution is 9.10. The van der Waals surface area contributed by atoms with Gasteiger partial charge in [0.05, 0.1) is 16.7 Å². The molecule has 0 radical (unpaired) electrons. The number of benzene rings is 1. The summed E-state index contributed by atoms with van der Waals surface area (Å²) in [5.74, 6) is 0.411. The van der Waals surface area contributed by atoms with E-state index in [4.69, 9.17) is 4.74 Å². The average Bonchev–Trinajstić information content (AvgIpc) is 2.07. The van der Waals surface area contributed by atoms with E-state index in [1.54, 1.807) is 6.07 Å². The molecule has 1 aliphatic heterocycles. The first-order chi connectivity index (χ1) is 6.48. The van der Waals surface area contributed by atoms with Crippen LogP contribution in [-0.4, -0.2) is 12.1 Å². The first kappa shape index (κ1) is 9.77. The van der Waals surface area contributed by atoms with Gasteiger partial charge in [-0.15, -0.1) is 0 Å². The van der Waals surface area contributed by atoms with Crippen molar-refractivity contribution in [3.05, 3.63) is 22.4 Å². The molecular formula is C10H11BrFNO. The Labute approximate surface area is 90.6 Å². The van der Waals surface area contributed by atoms with E-state index in [1.807, 2.05) is 13.8 Å². The number of hydrogen-bond acceptors (Lipinski definition) is 2. The summed E-state index contributed by atoms with van der Waals surface area (Å²) in [4.78, 5) is 0. The number of halogens is 2. The molecule has 1 aliphatic rings. The Hall–Kier alpha value is -0.770. The number of ether oxygens (including phenoxy) is 1. The molecule has 4 heteroatoms. The van der Waals surface area contributed by atoms with Crippen LogP contribution in [0.4, 0.5) is 10.1 Å². The van der Waals surface area contributed by atoms with E-state index >= 15 is 0 Å². The third-order valence-corrected chi connectivity index (χ3v) is 2.72. The number of anilines is 1. The van der Waals surface area contributed by atoms with Crippen LogP contribution in [0.25, 0.3) is 0 Å². The van der Waals surface area contributed by atoms with Crippen LogP contribution >= 0.6 is 15.9 Å². The lowest BCUT2D eigenvalue weighted by Crippen LogP contribution is -2.40. The van der Waals surface area contributed by atoms with Crippen LogP contribution in [-0.2, 0) is 0 Å². The SMILES string of the molecule is CC1(C)CNc2cc(F)c(Br)cc2O1. The van der Waals surface area contributed by atoms with Crippen molar-refractivity contribution in [3.63, 3.8) is 0 Å². The van der Waals surface area contributed by atoms with Gasteiger partial charge in [0.25, 0.3) is 0 Å². The van der Waals surface area contributed by atoms with Gasteiger partial charge >= 0.3 is 0 Å². The molecule has 0 fully saturated rings. The summed E-state index contributed by atoms with van der Waals surface area (Å²) in [6.07, 6.45) is 0. The molecule has 0 aliphatic carbocycles. The van der Waals surface area contributed by atoms with Crippen LogP contribution < -0.4 is 10.1 Å². The highest BCUT2D eigenvalue weighted by Crippen LogP contribution is 2.36. The molecule has 14 heavy (non-hydrogen) atoms. The summed E-state index contributed by atoms with van der Waals surface area (Å²) in [5.41, 5.74) is 0.467. The third-order valence-electron chi connectivity index (χ3n) is 2.11. The fourth-order valence-corrected chi connectivity index (χ4v) is 1.72. The van der Waals surface area contributed by atoms with Crippen molar-refractivity contribution >= 4 is 21.6 Å². The van der Waals surface area contributed by atoms with Crippen molar-refractivity contribution in [1.29, 1.82) is 0 Å². The average molecular weight is 260 g/mol. The van der Waals surface area contributed by atoms with Crippen LogP contribution in [0, 0.1) is 5.82 Å². The lowest BCUT2D eigenvalue weighted by atomic mass is 10.1. The molecule has 76 valence electrons. The van der Waals surface area contributed by atoms with E-state index in [9.17, 15) is 4.39 Å². The largest absolute Gasteiger partial charge is 0.484 e. The number of fused-ring (bicyclic) bond motifs is 1. The second-order valence-electron chi connectivity index (χ2n) is 3.98. The van der Waals surface area contributed by atoms with Gasteiger partial charge in [-0.05, 0) is 35.8 Å². The predicted octanol–water partition coefficient (Wildman–Crippen LogP) is 3.17. The fourth-order valence-electron chi connectivity index (χ4n) is 1.39. The topological polar surface area (TPSA) is 21.3 Å². The third kappa shape index (κ3) is 1.71. The molecule has 0 amide bonds. The lowest BCUT2D eigenvalue weighted by molar-refractivity contribution is 0.116. The first-order valence-electron chi connectivity index (χ1n) is 4.40. The first-order valence-corrected chi connectivity index (χ1v) is 5.19. The second kappa shape index (κ2) is 3.12. The Morgan fingerprint density at radius 3 is 2.93 bits per heavy atom. The van der Waals surface area contributed by atoms with Gasteiger partial charge in [-0.2, -0.15) is 0 Å². The van der Waals surface area contributed by atoms with Gasteiger partial charge in [0.1, 0.15) is 17.2 Å². The molecular weight excluding hydrogens is 249 g/mol.